The van der Waals surface area contributed by atoms with Gasteiger partial charge >= 0.3 is 5.69 Å². The number of fused-ring (bicyclic) bond motifs is 1. The summed E-state index contributed by atoms with van der Waals surface area (Å²) in [5, 5.41) is 7.05. The Morgan fingerprint density at radius 3 is 2.41 bits per heavy atom. The maximum absolute atomic E-state index is 13.1. The number of carbonyl (C=O) groups excluding carboxylic acids is 2. The highest BCUT2D eigenvalue weighted by Crippen LogP contribution is 2.46. The van der Waals surface area contributed by atoms with Gasteiger partial charge in [0, 0.05) is 55.6 Å². The number of methoxy groups -OCH3 is 1. The molecule has 49 heavy (non-hydrogen) atoms. The van der Waals surface area contributed by atoms with Crippen LogP contribution in [0.1, 0.15) is 39.6 Å². The van der Waals surface area contributed by atoms with Crippen molar-refractivity contribution in [2.45, 2.75) is 25.8 Å². The first kappa shape index (κ1) is 34.0. The maximum atomic E-state index is 13.1. The lowest BCUT2D eigenvalue weighted by molar-refractivity contribution is -0.129. The fraction of sp³-hybridized carbons (Fsp3) is 0.333. The highest BCUT2D eigenvalue weighted by molar-refractivity contribution is 7.89. The molecule has 1 fully saturated rings. The molecule has 0 spiro atoms. The lowest BCUT2D eigenvalue weighted by Gasteiger charge is -2.42. The Bertz CT molecular complexity index is 2260. The van der Waals surface area contributed by atoms with Gasteiger partial charge in [0.05, 0.1) is 30.0 Å². The lowest BCUT2D eigenvalue weighted by Crippen LogP contribution is -2.55. The van der Waals surface area contributed by atoms with Crippen molar-refractivity contribution < 1.29 is 22.7 Å². The Morgan fingerprint density at radius 2 is 1.71 bits per heavy atom. The first-order chi connectivity index (χ1) is 23.2. The number of nitrogens with one attached hydrogen (secondary N) is 2. The van der Waals surface area contributed by atoms with E-state index in [2.05, 4.69) is 20.0 Å². The van der Waals surface area contributed by atoms with Crippen LogP contribution in [0.15, 0.2) is 52.1 Å². The number of pyridine rings is 1. The number of amides is 2. The number of rotatable bonds is 8. The Balaban J connectivity index is 1.27. The molecule has 1 saturated heterocycles. The molecule has 0 saturated carbocycles. The third-order valence-corrected chi connectivity index (χ3v) is 9.99. The van der Waals surface area contributed by atoms with Gasteiger partial charge in [-0.25, -0.2) is 22.9 Å². The van der Waals surface area contributed by atoms with E-state index in [-0.39, 0.29) is 6.04 Å². The van der Waals surface area contributed by atoms with Gasteiger partial charge in [0.15, 0.2) is 0 Å². The standard InChI is InChI=1S/C33H34ClN7O7S/c1-17-20(8-7-11-23(17)35-30(43)28-32(44)39(2)33(45)40(3)37-28)21-9-6-10-22(27(21)34)24-14-18-12-13-25(26(18)31(36-24)48-4)41-15-19(16-41)29(42)38-49(5,46)47/h6-11,14,19,25H,12-13,15-16H2,1-5H3,(H,35,43)(H,38,42). The smallest absolute Gasteiger partial charge is 0.346 e. The van der Waals surface area contributed by atoms with Crippen molar-refractivity contribution in [1.82, 2.24) is 29.0 Å². The number of ether oxygens (including phenoxy) is 1. The zero-order valence-electron chi connectivity index (χ0n) is 27.4. The van der Waals surface area contributed by atoms with Crippen LogP contribution in [-0.4, -0.2) is 70.9 Å². The van der Waals surface area contributed by atoms with Crippen LogP contribution in [0.5, 0.6) is 5.88 Å². The molecule has 0 bridgehead atoms. The first-order valence-corrected chi connectivity index (χ1v) is 17.6. The van der Waals surface area contributed by atoms with Crippen LogP contribution in [0.3, 0.4) is 0 Å². The number of aryl methyl sites for hydroxylation is 2. The van der Waals surface area contributed by atoms with Crippen molar-refractivity contribution in [3.8, 4) is 28.3 Å². The summed E-state index contributed by atoms with van der Waals surface area (Å²) in [4.78, 5) is 57.0. The van der Waals surface area contributed by atoms with Crippen molar-refractivity contribution in [2.24, 2.45) is 20.0 Å². The van der Waals surface area contributed by atoms with Crippen LogP contribution in [0, 0.1) is 12.8 Å². The Morgan fingerprint density at radius 1 is 1.04 bits per heavy atom. The monoisotopic (exact) mass is 707 g/mol. The number of likely N-dealkylation sites (tertiary alicyclic amines) is 1. The Hall–Kier alpha value is -4.86. The maximum Gasteiger partial charge on any atom is 0.346 e. The molecule has 16 heteroatoms. The van der Waals surface area contributed by atoms with Gasteiger partial charge in [-0.1, -0.05) is 41.9 Å². The summed E-state index contributed by atoms with van der Waals surface area (Å²) in [5.74, 6) is -1.21. The van der Waals surface area contributed by atoms with Crippen LogP contribution in [0.25, 0.3) is 22.4 Å². The van der Waals surface area contributed by atoms with Crippen LogP contribution < -0.4 is 26.0 Å². The molecule has 2 aromatic carbocycles. The number of halogens is 1. The summed E-state index contributed by atoms with van der Waals surface area (Å²) in [6.07, 6.45) is 2.52. The van der Waals surface area contributed by atoms with E-state index in [0.717, 1.165) is 45.0 Å². The average Bonchev–Trinajstić information content (AvgIpc) is 3.44. The van der Waals surface area contributed by atoms with Crippen molar-refractivity contribution in [3.05, 3.63) is 90.7 Å². The van der Waals surface area contributed by atoms with Gasteiger partial charge in [-0.05, 0) is 48.6 Å². The van der Waals surface area contributed by atoms with Gasteiger partial charge in [0.25, 0.3) is 11.5 Å². The van der Waals surface area contributed by atoms with Gasteiger partial charge in [0.1, 0.15) is 0 Å². The number of carbonyl (C=O) groups is 2. The van der Waals surface area contributed by atoms with Crippen LogP contribution in [0.2, 0.25) is 5.02 Å². The minimum atomic E-state index is -3.62. The third kappa shape index (κ3) is 6.36. The van der Waals surface area contributed by atoms with Crippen molar-refractivity contribution in [3.63, 3.8) is 0 Å². The van der Waals surface area contributed by atoms with Crippen molar-refractivity contribution >= 4 is 39.1 Å². The predicted molar refractivity (Wildman–Crippen MR) is 183 cm³/mol. The fourth-order valence-corrected chi connectivity index (χ4v) is 7.32. The minimum Gasteiger partial charge on any atom is -0.481 e. The topological polar surface area (TPSA) is 175 Å². The van der Waals surface area contributed by atoms with Crippen molar-refractivity contribution in [1.29, 1.82) is 0 Å². The predicted octanol–water partition coefficient (Wildman–Crippen LogP) is 2.43. The van der Waals surface area contributed by atoms with E-state index in [1.807, 2.05) is 37.3 Å². The molecule has 1 aliphatic heterocycles. The molecule has 2 N–H and O–H groups in total. The molecule has 3 heterocycles. The van der Waals surface area contributed by atoms with Gasteiger partial charge in [0.2, 0.25) is 27.5 Å². The number of anilines is 1. The highest BCUT2D eigenvalue weighted by Gasteiger charge is 2.42. The summed E-state index contributed by atoms with van der Waals surface area (Å²) in [6.45, 7) is 2.69. The third-order valence-electron chi connectivity index (χ3n) is 9.01. The van der Waals surface area contributed by atoms with Crippen LogP contribution in [0.4, 0.5) is 5.69 Å². The number of hydrogen-bond acceptors (Lipinski definition) is 10. The molecule has 6 rings (SSSR count). The van der Waals surface area contributed by atoms with Gasteiger partial charge in [-0.15, -0.1) is 0 Å². The largest absolute Gasteiger partial charge is 0.481 e. The number of benzene rings is 2. The summed E-state index contributed by atoms with van der Waals surface area (Å²) < 4.78 is 32.6. The first-order valence-electron chi connectivity index (χ1n) is 15.4. The molecule has 256 valence electrons. The second kappa shape index (κ2) is 12.9. The minimum absolute atomic E-state index is 0.0210. The van der Waals surface area contributed by atoms with Gasteiger partial charge < -0.3 is 10.1 Å². The van der Waals surface area contributed by atoms with E-state index in [1.54, 1.807) is 19.2 Å². The average molecular weight is 708 g/mol. The van der Waals surface area contributed by atoms with Gasteiger partial charge in [-0.2, -0.15) is 5.10 Å². The molecule has 2 amide bonds. The summed E-state index contributed by atoms with van der Waals surface area (Å²) in [6, 6.07) is 12.9. The summed E-state index contributed by atoms with van der Waals surface area (Å²) >= 11 is 7.08. The van der Waals surface area contributed by atoms with E-state index in [4.69, 9.17) is 21.3 Å². The molecule has 14 nitrogen and oxygen atoms in total. The summed E-state index contributed by atoms with van der Waals surface area (Å²) in [5.41, 5.74) is 4.00. The van der Waals surface area contributed by atoms with Crippen molar-refractivity contribution in [2.75, 3.05) is 31.8 Å². The molecule has 1 atom stereocenters. The van der Waals surface area contributed by atoms with E-state index in [0.29, 0.717) is 52.1 Å². The quantitative estimate of drug-likeness (QED) is 0.277. The number of nitrogens with zero attached hydrogens (tertiary/aromatic N) is 5. The molecule has 1 aliphatic carbocycles. The Labute approximate surface area is 286 Å². The molecule has 0 radical (unpaired) electrons. The molecular formula is C33H34ClN7O7S. The second-order valence-corrected chi connectivity index (χ2v) is 14.4. The molecule has 2 aromatic heterocycles. The summed E-state index contributed by atoms with van der Waals surface area (Å²) in [7, 11) is 0.577. The van der Waals surface area contributed by atoms with Crippen LogP contribution >= 0.6 is 11.6 Å². The SMILES string of the molecule is COc1nc(-c2cccc(-c3cccc(NC(=O)c4nn(C)c(=O)n(C)c4=O)c3C)c2Cl)cc2c1C(N1CC(C(=O)NS(C)(=O)=O)C1)CC2. The molecule has 2 aliphatic rings. The normalized spacial score (nSPS) is 16.2. The van der Waals surface area contributed by atoms with Crippen LogP contribution in [-0.2, 0) is 35.3 Å². The van der Waals surface area contributed by atoms with E-state index in [1.165, 1.54) is 14.1 Å². The number of hydrogen-bond donors (Lipinski definition) is 2. The number of sulfonamides is 1. The van der Waals surface area contributed by atoms with E-state index >= 15 is 0 Å². The lowest BCUT2D eigenvalue weighted by atomic mass is 9.94. The highest BCUT2D eigenvalue weighted by atomic mass is 35.5. The molecule has 1 unspecified atom stereocenters. The van der Waals surface area contributed by atoms with E-state index in [9.17, 15) is 27.6 Å². The zero-order valence-corrected chi connectivity index (χ0v) is 29.0. The fourth-order valence-electron chi connectivity index (χ4n) is 6.46. The second-order valence-electron chi connectivity index (χ2n) is 12.3. The Kier molecular flexibility index (Phi) is 8.94. The van der Waals surface area contributed by atoms with Gasteiger partial charge in [-0.3, -0.25) is 28.6 Å². The van der Waals surface area contributed by atoms with E-state index < -0.39 is 44.7 Å². The molecule has 4 aromatic rings. The molecular weight excluding hydrogens is 674 g/mol. The zero-order chi connectivity index (χ0) is 35.4. The number of aromatic nitrogens is 4.